The van der Waals surface area contributed by atoms with Crippen LogP contribution in [0.1, 0.15) is 225 Å². The molecule has 5 saturated carbocycles. The third kappa shape index (κ3) is 18.5. The van der Waals surface area contributed by atoms with Crippen LogP contribution < -0.4 is 16.0 Å². The number of ether oxygens (including phenoxy) is 12. The molecule has 4 aromatic rings. The molecule has 3 aliphatic heterocycles. The van der Waals surface area contributed by atoms with Crippen LogP contribution in [0.3, 0.4) is 0 Å². The Morgan fingerprint density at radius 1 is 0.470 bits per heavy atom. The SMILES string of the molecule is CC(=O)O[C@@]12CO[C@@H]1C[C@H](O)[C@@]1(C)C(=O)[C@H](O)C3=C(C)[C@@H](OC(=O)[C@H](OC(=O)C4CCCCC4)[C@@H](NC(=O)OC(C)(C)C)c4ccccc4)C[C@@](O)([C@@H](OC(=O)c4ccccc4)[C@H]21)C3(C)C.CC(=O)O[C@@]12CO[C@@H]1C[C@H](O)[C@@]1(C)C(=O)[C@H](O)C3=C(C)[C@@H](OC(=O)[C@H](OC(=O)C4CCNCC4)[C@@H](NC(=O)OC(C)(C)C)c4ccccc4)C[C@@](O)([C@@H](OC(=O)c4ccccc4)[C@H]21)C3(C)C. The predicted octanol–water partition coefficient (Wildman–Crippen LogP) is 9.20. The quantitative estimate of drug-likeness (QED) is 0.0226. The van der Waals surface area contributed by atoms with Gasteiger partial charge in [-0.1, -0.05) is 144 Å². The Labute approximate surface area is 766 Å². The van der Waals surface area contributed by atoms with E-state index in [1.165, 1.54) is 52.0 Å². The van der Waals surface area contributed by atoms with Gasteiger partial charge in [-0.25, -0.2) is 28.8 Å². The Kier molecular flexibility index (Phi) is 28.4. The molecule has 2 amide bonds. The zero-order chi connectivity index (χ0) is 96.3. The van der Waals surface area contributed by atoms with Gasteiger partial charge in [0.15, 0.2) is 22.8 Å². The van der Waals surface area contributed by atoms with Gasteiger partial charge in [0.1, 0.15) is 83.3 Å². The lowest BCUT2D eigenvalue weighted by Gasteiger charge is -2.67. The van der Waals surface area contributed by atoms with Crippen molar-refractivity contribution in [2.24, 2.45) is 45.3 Å². The minimum atomic E-state index is -2.40. The number of piperidine rings is 1. The molecule has 4 bridgehead atoms. The van der Waals surface area contributed by atoms with Crippen LogP contribution in [0.2, 0.25) is 0 Å². The molecule has 716 valence electrons. The average Bonchev–Trinajstić information content (AvgIpc) is 0.671. The molecule has 8 fully saturated rings. The van der Waals surface area contributed by atoms with E-state index in [1.54, 1.807) is 166 Å². The fourth-order valence-electron chi connectivity index (χ4n) is 22.2. The van der Waals surface area contributed by atoms with Gasteiger partial charge in [-0.15, -0.1) is 0 Å². The first-order valence-corrected chi connectivity index (χ1v) is 45.4. The molecule has 22 atom stereocenters. The van der Waals surface area contributed by atoms with E-state index in [4.69, 9.17) is 56.8 Å². The third-order valence-corrected chi connectivity index (χ3v) is 29.2. The molecular weight excluding hydrogens is 1710 g/mol. The van der Waals surface area contributed by atoms with Crippen LogP contribution in [0.5, 0.6) is 0 Å². The Morgan fingerprint density at radius 3 is 1.12 bits per heavy atom. The summed E-state index contributed by atoms with van der Waals surface area (Å²) in [6, 6.07) is 29.7. The number of carbonyl (C=O) groups is 12. The fourth-order valence-corrected chi connectivity index (χ4v) is 22.2. The van der Waals surface area contributed by atoms with E-state index in [2.05, 4.69) is 16.0 Å². The number of ketones is 2. The van der Waals surface area contributed by atoms with Gasteiger partial charge < -0.3 is 103 Å². The van der Waals surface area contributed by atoms with Crippen LogP contribution in [-0.2, 0) is 95.2 Å². The molecule has 3 heterocycles. The number of rotatable bonds is 20. The minimum Gasteiger partial charge on any atom is -0.455 e. The first-order chi connectivity index (χ1) is 61.9. The van der Waals surface area contributed by atoms with Crippen molar-refractivity contribution in [3.8, 4) is 0 Å². The summed E-state index contributed by atoms with van der Waals surface area (Å²) in [5.74, 6) is -13.2. The van der Waals surface area contributed by atoms with Crippen molar-refractivity contribution >= 4 is 71.5 Å². The van der Waals surface area contributed by atoms with E-state index in [0.717, 1.165) is 33.1 Å². The minimum absolute atomic E-state index is 0.0672. The molecule has 0 radical (unpaired) electrons. The monoisotopic (exact) mass is 1840 g/mol. The summed E-state index contributed by atoms with van der Waals surface area (Å²) in [5, 5.41) is 84.9. The van der Waals surface area contributed by atoms with Crippen molar-refractivity contribution in [2.45, 2.75) is 300 Å². The Hall–Kier alpha value is -10.4. The summed E-state index contributed by atoms with van der Waals surface area (Å²) < 4.78 is 72.7. The van der Waals surface area contributed by atoms with E-state index >= 15 is 19.2 Å². The maximum absolute atomic E-state index is 15.2. The number of fused-ring (bicyclic) bond motifs is 10. The Morgan fingerprint density at radius 2 is 0.803 bits per heavy atom. The molecule has 33 nitrogen and oxygen atoms in total. The van der Waals surface area contributed by atoms with Crippen LogP contribution >= 0.6 is 0 Å². The number of benzene rings is 4. The maximum Gasteiger partial charge on any atom is 0.408 e. The number of carbonyl (C=O) groups excluding carboxylic acids is 12. The molecule has 0 unspecified atom stereocenters. The Balaban J connectivity index is 0.000000224. The summed E-state index contributed by atoms with van der Waals surface area (Å²) in [6.45, 7) is 24.8. The zero-order valence-corrected chi connectivity index (χ0v) is 77.5. The van der Waals surface area contributed by atoms with Gasteiger partial charge in [0, 0.05) is 50.4 Å². The second-order valence-corrected chi connectivity index (χ2v) is 40.3. The molecule has 132 heavy (non-hydrogen) atoms. The van der Waals surface area contributed by atoms with Crippen LogP contribution in [0, 0.1) is 45.3 Å². The highest BCUT2D eigenvalue weighted by Crippen LogP contribution is 2.67. The lowest BCUT2D eigenvalue weighted by molar-refractivity contribution is -0.346. The number of hydrogen-bond acceptors (Lipinski definition) is 31. The molecule has 3 saturated heterocycles. The molecule has 7 aliphatic carbocycles. The smallest absolute Gasteiger partial charge is 0.408 e. The van der Waals surface area contributed by atoms with E-state index < -0.39 is 249 Å². The summed E-state index contributed by atoms with van der Waals surface area (Å²) in [5.41, 5.74) is -16.6. The topological polar surface area (TPSA) is 473 Å². The van der Waals surface area contributed by atoms with E-state index in [1.807, 2.05) is 0 Å². The van der Waals surface area contributed by atoms with Gasteiger partial charge in [-0.05, 0) is 166 Å². The number of aliphatic hydroxyl groups excluding tert-OH is 4. The molecular formula is C99H125N3O30. The highest BCUT2D eigenvalue weighted by molar-refractivity contribution is 5.96. The molecule has 0 spiro atoms. The third-order valence-electron chi connectivity index (χ3n) is 29.2. The Bertz CT molecular complexity index is 4780. The highest BCUT2D eigenvalue weighted by Gasteiger charge is 2.81. The lowest BCUT2D eigenvalue weighted by Crippen LogP contribution is -2.81. The van der Waals surface area contributed by atoms with E-state index in [-0.39, 0.29) is 59.5 Å². The summed E-state index contributed by atoms with van der Waals surface area (Å²) in [6.07, 6.45) is -18.6. The van der Waals surface area contributed by atoms with Crippen molar-refractivity contribution in [3.05, 3.63) is 166 Å². The van der Waals surface area contributed by atoms with Crippen LogP contribution in [0.25, 0.3) is 0 Å². The van der Waals surface area contributed by atoms with Gasteiger partial charge in [-0.2, -0.15) is 0 Å². The fraction of sp³-hybridized carbons (Fsp3) is 0.596. The largest absolute Gasteiger partial charge is 0.455 e. The highest BCUT2D eigenvalue weighted by atomic mass is 16.7. The van der Waals surface area contributed by atoms with Crippen LogP contribution in [-0.4, -0.2) is 235 Å². The van der Waals surface area contributed by atoms with Crippen molar-refractivity contribution in [1.82, 2.24) is 16.0 Å². The summed E-state index contributed by atoms with van der Waals surface area (Å²) >= 11 is 0. The number of aliphatic hydroxyl groups is 6. The van der Waals surface area contributed by atoms with Gasteiger partial charge >= 0.3 is 59.9 Å². The number of esters is 8. The number of alkyl carbamates (subject to hydrolysis) is 2. The lowest BCUT2D eigenvalue weighted by atomic mass is 9.44. The summed E-state index contributed by atoms with van der Waals surface area (Å²) in [7, 11) is 0. The predicted molar refractivity (Wildman–Crippen MR) is 467 cm³/mol. The van der Waals surface area contributed by atoms with Crippen molar-refractivity contribution in [1.29, 1.82) is 0 Å². The summed E-state index contributed by atoms with van der Waals surface area (Å²) in [4.78, 5) is 170. The van der Waals surface area contributed by atoms with Crippen molar-refractivity contribution in [3.63, 3.8) is 0 Å². The van der Waals surface area contributed by atoms with E-state index in [0.29, 0.717) is 49.9 Å². The molecule has 10 aliphatic rings. The van der Waals surface area contributed by atoms with Crippen molar-refractivity contribution < 1.29 is 145 Å². The zero-order valence-electron chi connectivity index (χ0n) is 77.5. The average molecular weight is 1840 g/mol. The molecule has 9 N–H and O–H groups in total. The van der Waals surface area contributed by atoms with Crippen LogP contribution in [0.4, 0.5) is 9.59 Å². The normalized spacial score (nSPS) is 32.6. The van der Waals surface area contributed by atoms with Gasteiger partial charge in [-0.3, -0.25) is 28.8 Å². The standard InChI is InChI=1S/C50H63NO15.C49H62N2O15/c1-27-32(62-44(58)38(63-42(56)30-20-14-10-15-21-30)36(29-18-12-9-13-19-29)51-45(59)66-46(3,4)5)25-50(60)41(64-43(57)31-22-16-11-17-23-31)39-48(8,40(55)37(54)35(27)47(50,6)7)33(53)24-34-49(39,26-61-34)65-28(2)52;1-26-31(62-43(58)37(63-41(56)30-19-21-50-22-20-30)35(28-15-11-9-12-16-28)51-44(59)66-45(3,4)5)24-49(60)40(64-42(57)29-17-13-10-14-18-29)38-47(8,39(55)36(54)34(26)46(49,6)7)32(53)23-33-48(38,25-61-33)65-27(2)52/h9,11-13,16-19,22-23,30,32-34,36-39,41,53-54,60H,10,14-15,20-21,24-26H2,1-8H3,(H,51,59);9-18,30-33,35-38,40,50,53-54,60H,19-25H2,1-8H3,(H,51,59)/t32-,33-,34+,36-,37+,38+,39-,41-,48+,49-,50+;31-,32-,33+,35-,36+,37+,38-,40-,47+,48-,49+/m00/s1. The second-order valence-electron chi connectivity index (χ2n) is 40.3. The molecule has 14 rings (SSSR count). The number of amides is 2. The number of nitrogens with one attached hydrogen (secondary N) is 3. The second kappa shape index (κ2) is 37.8. The van der Waals surface area contributed by atoms with E-state index in [9.17, 15) is 69.0 Å². The number of Topliss-reactive ketones (excluding diaryl/α,β-unsaturated/α-hetero) is 2. The molecule has 33 heteroatoms. The molecule has 4 aromatic carbocycles. The van der Waals surface area contributed by atoms with Gasteiger partial charge in [0.25, 0.3) is 0 Å². The number of hydrogen-bond donors (Lipinski definition) is 9. The maximum atomic E-state index is 15.2. The van der Waals surface area contributed by atoms with Gasteiger partial charge in [0.2, 0.25) is 12.2 Å². The van der Waals surface area contributed by atoms with Crippen LogP contribution in [0.15, 0.2) is 144 Å². The van der Waals surface area contributed by atoms with Crippen molar-refractivity contribution in [2.75, 3.05) is 26.3 Å². The molecule has 0 aromatic heterocycles. The first kappa shape index (κ1) is 99.1. The first-order valence-electron chi connectivity index (χ1n) is 45.4. The van der Waals surface area contributed by atoms with Gasteiger partial charge in [0.05, 0.1) is 71.1 Å².